The lowest BCUT2D eigenvalue weighted by Crippen LogP contribution is -2.36. The van der Waals surface area contributed by atoms with Crippen molar-refractivity contribution < 1.29 is 26.9 Å². The average Bonchev–Trinajstić information content (AvgIpc) is 2.97. The van der Waals surface area contributed by atoms with Crippen molar-refractivity contribution in [2.45, 2.75) is 30.3 Å². The summed E-state index contributed by atoms with van der Waals surface area (Å²) in [5.74, 6) is -0.167. The first kappa shape index (κ1) is 13.1. The number of fused-ring (bicyclic) bond motifs is 1. The molecule has 6 nitrogen and oxygen atoms in total. The summed E-state index contributed by atoms with van der Waals surface area (Å²) >= 11 is 0. The van der Waals surface area contributed by atoms with Crippen LogP contribution < -0.4 is 0 Å². The van der Waals surface area contributed by atoms with Crippen molar-refractivity contribution in [2.75, 3.05) is 13.2 Å². The van der Waals surface area contributed by atoms with Crippen LogP contribution >= 0.6 is 0 Å². The fraction of sp³-hybridized carbons (Fsp3) is 0.750. The van der Waals surface area contributed by atoms with Crippen LogP contribution in [0, 0.1) is 11.8 Å². The summed E-state index contributed by atoms with van der Waals surface area (Å²) in [4.78, 5) is 10.8. The monoisotopic (exact) mass is 288 g/mol. The molecule has 5 atom stereocenters. The van der Waals surface area contributed by atoms with Gasteiger partial charge in [0.2, 0.25) is 0 Å². The highest BCUT2D eigenvalue weighted by Crippen LogP contribution is 2.55. The zero-order chi connectivity index (χ0) is 13.6. The van der Waals surface area contributed by atoms with Gasteiger partial charge in [-0.1, -0.05) is 6.58 Å². The quantitative estimate of drug-likeness (QED) is 0.312. The van der Waals surface area contributed by atoms with Gasteiger partial charge >= 0.3 is 5.97 Å². The van der Waals surface area contributed by atoms with E-state index in [-0.39, 0.29) is 42.5 Å². The summed E-state index contributed by atoms with van der Waals surface area (Å²) in [7, 11) is -3.39. The van der Waals surface area contributed by atoms with Crippen LogP contribution in [0.3, 0.4) is 0 Å². The van der Waals surface area contributed by atoms with Crippen molar-refractivity contribution in [1.29, 1.82) is 0 Å². The Hall–Kier alpha value is -0.920. The molecule has 2 bridgehead atoms. The second-order valence-corrected chi connectivity index (χ2v) is 6.98. The van der Waals surface area contributed by atoms with Crippen LogP contribution in [0.1, 0.15) is 12.8 Å². The minimum Gasteiger partial charge on any atom is -0.460 e. The van der Waals surface area contributed by atoms with Crippen molar-refractivity contribution in [1.82, 2.24) is 0 Å². The first-order valence-electron chi connectivity index (χ1n) is 6.36. The Morgan fingerprint density at radius 1 is 1.37 bits per heavy atom. The van der Waals surface area contributed by atoms with Gasteiger partial charge in [0.05, 0.1) is 18.0 Å². The first-order chi connectivity index (χ1) is 9.03. The van der Waals surface area contributed by atoms with E-state index in [9.17, 15) is 13.2 Å². The molecule has 1 aliphatic heterocycles. The molecule has 19 heavy (non-hydrogen) atoms. The van der Waals surface area contributed by atoms with Gasteiger partial charge in [0.1, 0.15) is 12.7 Å². The molecule has 0 amide bonds. The largest absolute Gasteiger partial charge is 0.460 e. The van der Waals surface area contributed by atoms with Gasteiger partial charge in [-0.05, 0) is 18.8 Å². The molecule has 0 radical (unpaired) electrons. The fourth-order valence-corrected chi connectivity index (χ4v) is 5.38. The molecular formula is C12H16O6S. The lowest BCUT2D eigenvalue weighted by molar-refractivity contribution is -0.141. The molecule has 0 aromatic carbocycles. The Morgan fingerprint density at radius 2 is 2.16 bits per heavy atom. The number of hydrogen-bond acceptors (Lipinski definition) is 6. The Balaban J connectivity index is 1.54. The minimum absolute atomic E-state index is 0.0794. The molecule has 0 aromatic rings. The maximum absolute atomic E-state index is 11.7. The Kier molecular flexibility index (Phi) is 3.15. The van der Waals surface area contributed by atoms with Crippen LogP contribution in [-0.4, -0.2) is 45.1 Å². The number of hydrogen-bond donors (Lipinski definition) is 0. The van der Waals surface area contributed by atoms with Gasteiger partial charge in [0.25, 0.3) is 10.1 Å². The van der Waals surface area contributed by atoms with Gasteiger partial charge in [-0.15, -0.1) is 0 Å². The Bertz CT molecular complexity index is 498. The highest BCUT2D eigenvalue weighted by molar-refractivity contribution is 7.87. The van der Waals surface area contributed by atoms with Gasteiger partial charge < -0.3 is 9.47 Å². The zero-order valence-corrected chi connectivity index (χ0v) is 11.2. The Morgan fingerprint density at radius 3 is 2.89 bits per heavy atom. The summed E-state index contributed by atoms with van der Waals surface area (Å²) in [5.41, 5.74) is 0. The zero-order valence-electron chi connectivity index (χ0n) is 10.4. The van der Waals surface area contributed by atoms with Crippen LogP contribution in [0.15, 0.2) is 12.7 Å². The summed E-state index contributed by atoms with van der Waals surface area (Å²) < 4.78 is 39.1. The lowest BCUT2D eigenvalue weighted by Gasteiger charge is -2.24. The molecule has 0 aromatic heterocycles. The third-order valence-corrected chi connectivity index (χ3v) is 5.99. The predicted molar refractivity (Wildman–Crippen MR) is 64.7 cm³/mol. The highest BCUT2D eigenvalue weighted by Gasteiger charge is 2.64. The standard InChI is InChI=1S/C12H16O6S/c1-2-10(13)16-3-4-17-11-7-5-8-9(6-7)19(14,15)18-12(8)11/h2,7-9,11-12H,1,3-6H2. The van der Waals surface area contributed by atoms with E-state index in [1.165, 1.54) is 0 Å². The Labute approximate surface area is 111 Å². The maximum atomic E-state index is 11.7. The summed E-state index contributed by atoms with van der Waals surface area (Å²) in [5, 5.41) is -0.332. The normalized spacial score (nSPS) is 41.4. The van der Waals surface area contributed by atoms with E-state index in [0.29, 0.717) is 6.42 Å². The second-order valence-electron chi connectivity index (χ2n) is 5.19. The topological polar surface area (TPSA) is 78.9 Å². The number of carbonyl (C=O) groups is 1. The number of esters is 1. The van der Waals surface area contributed by atoms with Gasteiger partial charge in [0, 0.05) is 12.0 Å². The molecule has 2 saturated carbocycles. The summed E-state index contributed by atoms with van der Waals surface area (Å²) in [6.07, 6.45) is 2.03. The van der Waals surface area contributed by atoms with E-state index in [4.69, 9.17) is 13.7 Å². The van der Waals surface area contributed by atoms with Crippen LogP contribution in [0.5, 0.6) is 0 Å². The van der Waals surface area contributed by atoms with Crippen LogP contribution in [0.2, 0.25) is 0 Å². The van der Waals surface area contributed by atoms with E-state index >= 15 is 0 Å². The van der Waals surface area contributed by atoms with Gasteiger partial charge in [-0.3, -0.25) is 4.18 Å². The lowest BCUT2D eigenvalue weighted by atomic mass is 9.94. The highest BCUT2D eigenvalue weighted by atomic mass is 32.2. The number of carbonyl (C=O) groups excluding carboxylic acids is 1. The molecule has 0 spiro atoms. The van der Waals surface area contributed by atoms with Crippen molar-refractivity contribution >= 4 is 16.1 Å². The van der Waals surface area contributed by atoms with Crippen LogP contribution in [0.4, 0.5) is 0 Å². The number of rotatable bonds is 5. The third-order valence-electron chi connectivity index (χ3n) is 4.22. The maximum Gasteiger partial charge on any atom is 0.330 e. The van der Waals surface area contributed by atoms with Crippen LogP contribution in [0.25, 0.3) is 0 Å². The molecule has 7 heteroatoms. The average molecular weight is 288 g/mol. The molecule has 1 saturated heterocycles. The first-order valence-corrected chi connectivity index (χ1v) is 7.83. The van der Waals surface area contributed by atoms with E-state index in [2.05, 4.69) is 6.58 Å². The molecule has 3 rings (SSSR count). The second kappa shape index (κ2) is 4.57. The van der Waals surface area contributed by atoms with E-state index in [0.717, 1.165) is 12.5 Å². The van der Waals surface area contributed by atoms with Crippen molar-refractivity contribution in [3.63, 3.8) is 0 Å². The molecule has 3 fully saturated rings. The smallest absolute Gasteiger partial charge is 0.330 e. The molecule has 2 aliphatic carbocycles. The minimum atomic E-state index is -3.39. The van der Waals surface area contributed by atoms with E-state index in [1.807, 2.05) is 0 Å². The van der Waals surface area contributed by atoms with E-state index < -0.39 is 16.1 Å². The summed E-state index contributed by atoms with van der Waals surface area (Å²) in [6, 6.07) is 0. The SMILES string of the molecule is C=CC(=O)OCCOC1C2CC3C1OS(=O)(=O)C3C2. The molecule has 0 N–H and O–H groups in total. The predicted octanol–water partition coefficient (Wildman–Crippen LogP) is 0.238. The van der Waals surface area contributed by atoms with E-state index in [1.54, 1.807) is 0 Å². The summed E-state index contributed by atoms with van der Waals surface area (Å²) in [6.45, 7) is 3.68. The van der Waals surface area contributed by atoms with Crippen molar-refractivity contribution in [2.24, 2.45) is 11.8 Å². The van der Waals surface area contributed by atoms with Crippen molar-refractivity contribution in [3.05, 3.63) is 12.7 Å². The molecule has 3 aliphatic rings. The van der Waals surface area contributed by atoms with Gasteiger partial charge in [-0.25, -0.2) is 4.79 Å². The van der Waals surface area contributed by atoms with Gasteiger partial charge in [0.15, 0.2) is 0 Å². The van der Waals surface area contributed by atoms with Gasteiger partial charge in [-0.2, -0.15) is 8.42 Å². The third kappa shape index (κ3) is 2.09. The molecule has 1 heterocycles. The molecule has 5 unspecified atom stereocenters. The molecule has 106 valence electrons. The van der Waals surface area contributed by atoms with Crippen molar-refractivity contribution in [3.8, 4) is 0 Å². The van der Waals surface area contributed by atoms with Crippen LogP contribution in [-0.2, 0) is 28.6 Å². The molecular weight excluding hydrogens is 272 g/mol. The fourth-order valence-electron chi connectivity index (χ4n) is 3.50. The number of ether oxygens (including phenoxy) is 2.